The largest absolute Gasteiger partial charge is 0.301 e. The van der Waals surface area contributed by atoms with Crippen LogP contribution in [-0.4, -0.2) is 18.4 Å². The highest BCUT2D eigenvalue weighted by Crippen LogP contribution is 2.52. The Kier molecular flexibility index (Phi) is 5.82. The Bertz CT molecular complexity index is 1480. The molecule has 3 aromatic carbocycles. The molecule has 8 heteroatoms. The first-order valence-electron chi connectivity index (χ1n) is 10.8. The van der Waals surface area contributed by atoms with Crippen molar-refractivity contribution in [3.8, 4) is 0 Å². The highest BCUT2D eigenvalue weighted by Gasteiger charge is 2.38. The molecule has 1 heterocycles. The molecule has 0 fully saturated rings. The Morgan fingerprint density at radius 3 is 2.45 bits per heavy atom. The summed E-state index contributed by atoms with van der Waals surface area (Å²) in [5.41, 5.74) is 2.48. The van der Waals surface area contributed by atoms with Gasteiger partial charge in [-0.15, -0.1) is 0 Å². The smallest absolute Gasteiger partial charge is 0.251 e. The molecule has 0 saturated heterocycles. The van der Waals surface area contributed by atoms with E-state index >= 15 is 0 Å². The third-order valence-electron chi connectivity index (χ3n) is 5.77. The quantitative estimate of drug-likeness (QED) is 0.375. The summed E-state index contributed by atoms with van der Waals surface area (Å²) in [4.78, 5) is 19.9. The van der Waals surface area contributed by atoms with E-state index in [0.29, 0.717) is 11.6 Å². The summed E-state index contributed by atoms with van der Waals surface area (Å²) in [6.07, 6.45) is 1.59. The fourth-order valence-corrected chi connectivity index (χ4v) is 6.95. The maximum atomic E-state index is 13.3. The van der Waals surface area contributed by atoms with Crippen LogP contribution in [0.15, 0.2) is 87.6 Å². The third-order valence-corrected chi connectivity index (χ3v) is 8.42. The molecule has 6 nitrogen and oxygen atoms in total. The lowest BCUT2D eigenvalue weighted by atomic mass is 10.1. The van der Waals surface area contributed by atoms with Gasteiger partial charge < -0.3 is 4.98 Å². The Morgan fingerprint density at radius 2 is 1.73 bits per heavy atom. The molecule has 0 spiro atoms. The number of nitrogens with one attached hydrogen (secondary N) is 2. The van der Waals surface area contributed by atoms with E-state index in [1.807, 2.05) is 43.3 Å². The number of rotatable bonds is 7. The number of aromatic nitrogens is 2. The second kappa shape index (κ2) is 8.78. The fourth-order valence-electron chi connectivity index (χ4n) is 4.37. The molecule has 2 atom stereocenters. The first kappa shape index (κ1) is 21.9. The van der Waals surface area contributed by atoms with Crippen LogP contribution in [0.5, 0.6) is 0 Å². The number of aromatic amines is 1. The number of aryl methyl sites for hydroxylation is 1. The highest BCUT2D eigenvalue weighted by atomic mass is 32.2. The lowest BCUT2D eigenvalue weighted by Crippen LogP contribution is -2.30. The van der Waals surface area contributed by atoms with Crippen LogP contribution < -0.4 is 10.3 Å². The topological polar surface area (TPSA) is 91.9 Å². The van der Waals surface area contributed by atoms with Gasteiger partial charge in [-0.1, -0.05) is 79.7 Å². The van der Waals surface area contributed by atoms with Crippen LogP contribution >= 0.6 is 11.8 Å². The predicted molar refractivity (Wildman–Crippen MR) is 131 cm³/mol. The van der Waals surface area contributed by atoms with Crippen LogP contribution in [0.1, 0.15) is 41.5 Å². The Morgan fingerprint density at radius 1 is 1.00 bits per heavy atom. The summed E-state index contributed by atoms with van der Waals surface area (Å²) in [6.45, 7) is 2.04. The van der Waals surface area contributed by atoms with Gasteiger partial charge in [0.05, 0.1) is 16.2 Å². The van der Waals surface area contributed by atoms with Crippen molar-refractivity contribution in [2.45, 2.75) is 41.1 Å². The molecule has 5 rings (SSSR count). The van der Waals surface area contributed by atoms with Gasteiger partial charge in [0.25, 0.3) is 5.56 Å². The molecule has 2 N–H and O–H groups in total. The van der Waals surface area contributed by atoms with E-state index in [1.54, 1.807) is 30.3 Å². The van der Waals surface area contributed by atoms with Crippen molar-refractivity contribution in [1.82, 2.24) is 14.7 Å². The standard InChI is InChI=1S/C25H23N3O3S2/c1-2-8-17-15-21(29)27-25(26-17)32-24-20-14-7-10-16-9-6-13-19(22(16)20)23(24)28-33(30,31)18-11-4-3-5-12-18/h3-7,9-15,23-24,28H,2,8H2,1H3,(H,26,27,29)/t23-,24+/m1/s1. The van der Waals surface area contributed by atoms with E-state index < -0.39 is 16.1 Å². The Hall–Kier alpha value is -2.94. The van der Waals surface area contributed by atoms with Crippen molar-refractivity contribution < 1.29 is 8.42 Å². The second-order valence-corrected chi connectivity index (χ2v) is 10.9. The van der Waals surface area contributed by atoms with Crippen LogP contribution in [0.4, 0.5) is 0 Å². The zero-order valence-corrected chi connectivity index (χ0v) is 19.6. The lowest BCUT2D eigenvalue weighted by Gasteiger charge is -2.22. The maximum Gasteiger partial charge on any atom is 0.251 e. The monoisotopic (exact) mass is 477 g/mol. The second-order valence-electron chi connectivity index (χ2n) is 8.03. The van der Waals surface area contributed by atoms with Crippen molar-refractivity contribution in [3.63, 3.8) is 0 Å². The van der Waals surface area contributed by atoms with Crippen molar-refractivity contribution in [1.29, 1.82) is 0 Å². The third kappa shape index (κ3) is 4.21. The minimum Gasteiger partial charge on any atom is -0.301 e. The highest BCUT2D eigenvalue weighted by molar-refractivity contribution is 7.99. The van der Waals surface area contributed by atoms with Gasteiger partial charge in [0, 0.05) is 11.8 Å². The number of thioether (sulfide) groups is 1. The molecule has 33 heavy (non-hydrogen) atoms. The molecule has 1 aliphatic carbocycles. The van der Waals surface area contributed by atoms with Crippen molar-refractivity contribution in [2.75, 3.05) is 0 Å². The number of nitrogens with zero attached hydrogens (tertiary/aromatic N) is 1. The predicted octanol–water partition coefficient (Wildman–Crippen LogP) is 4.74. The van der Waals surface area contributed by atoms with Gasteiger partial charge in [-0.25, -0.2) is 18.1 Å². The molecule has 0 amide bonds. The lowest BCUT2D eigenvalue weighted by molar-refractivity contribution is 0.557. The first-order valence-corrected chi connectivity index (χ1v) is 13.2. The van der Waals surface area contributed by atoms with E-state index in [0.717, 1.165) is 34.0 Å². The number of hydrogen-bond donors (Lipinski definition) is 2. The van der Waals surface area contributed by atoms with E-state index in [9.17, 15) is 13.2 Å². The van der Waals surface area contributed by atoms with E-state index in [2.05, 4.69) is 14.7 Å². The normalized spacial score (nSPS) is 17.5. The molecular weight excluding hydrogens is 454 g/mol. The Labute approximate surface area is 196 Å². The number of sulfonamides is 1. The molecule has 0 radical (unpaired) electrons. The number of hydrogen-bond acceptors (Lipinski definition) is 5. The SMILES string of the molecule is CCCc1cc(=O)[nH]c(S[C@H]2c3cccc4cccc(c34)[C@H]2NS(=O)(=O)c2ccccc2)n1. The van der Waals surface area contributed by atoms with Crippen LogP contribution in [0.25, 0.3) is 10.8 Å². The summed E-state index contributed by atoms with van der Waals surface area (Å²) in [5.74, 6) is 0. The van der Waals surface area contributed by atoms with Crippen molar-refractivity contribution in [3.05, 3.63) is 100.0 Å². The van der Waals surface area contributed by atoms with Gasteiger partial charge in [0.2, 0.25) is 10.0 Å². The summed E-state index contributed by atoms with van der Waals surface area (Å²) < 4.78 is 29.4. The van der Waals surface area contributed by atoms with Gasteiger partial charge in [-0.3, -0.25) is 4.79 Å². The molecule has 0 bridgehead atoms. The van der Waals surface area contributed by atoms with E-state index in [-0.39, 0.29) is 15.7 Å². The number of benzene rings is 3. The summed E-state index contributed by atoms with van der Waals surface area (Å²) in [7, 11) is -3.76. The van der Waals surface area contributed by atoms with Crippen molar-refractivity contribution in [2.24, 2.45) is 0 Å². The van der Waals surface area contributed by atoms with Gasteiger partial charge in [-0.05, 0) is 40.5 Å². The molecule has 1 aliphatic rings. The van der Waals surface area contributed by atoms with Crippen LogP contribution in [0, 0.1) is 0 Å². The Balaban J connectivity index is 1.59. The molecule has 0 aliphatic heterocycles. The van der Waals surface area contributed by atoms with Crippen LogP contribution in [-0.2, 0) is 16.4 Å². The molecule has 4 aromatic rings. The van der Waals surface area contributed by atoms with E-state index in [1.165, 1.54) is 17.8 Å². The molecular formula is C25H23N3O3S2. The average Bonchev–Trinajstić information content (AvgIpc) is 3.08. The summed E-state index contributed by atoms with van der Waals surface area (Å²) in [6, 6.07) is 21.3. The zero-order chi connectivity index (χ0) is 23.0. The molecule has 168 valence electrons. The minimum absolute atomic E-state index is 0.203. The minimum atomic E-state index is -3.76. The summed E-state index contributed by atoms with van der Waals surface area (Å²) >= 11 is 1.39. The molecule has 1 aromatic heterocycles. The van der Waals surface area contributed by atoms with Gasteiger partial charge >= 0.3 is 0 Å². The maximum absolute atomic E-state index is 13.3. The molecule has 0 saturated carbocycles. The fraction of sp³-hybridized carbons (Fsp3) is 0.200. The van der Waals surface area contributed by atoms with Crippen LogP contribution in [0.3, 0.4) is 0 Å². The first-order chi connectivity index (χ1) is 16.0. The van der Waals surface area contributed by atoms with Gasteiger partial charge in [0.15, 0.2) is 5.16 Å². The van der Waals surface area contributed by atoms with Crippen LogP contribution in [0.2, 0.25) is 0 Å². The van der Waals surface area contributed by atoms with Crippen molar-refractivity contribution >= 4 is 32.6 Å². The number of H-pyrrole nitrogens is 1. The zero-order valence-electron chi connectivity index (χ0n) is 18.0. The summed E-state index contributed by atoms with van der Waals surface area (Å²) in [5, 5.41) is 2.30. The van der Waals surface area contributed by atoms with Gasteiger partial charge in [0.1, 0.15) is 0 Å². The molecule has 0 unspecified atom stereocenters. The average molecular weight is 478 g/mol. The van der Waals surface area contributed by atoms with Gasteiger partial charge in [-0.2, -0.15) is 0 Å². The van der Waals surface area contributed by atoms with E-state index in [4.69, 9.17) is 0 Å².